The van der Waals surface area contributed by atoms with Gasteiger partial charge in [0.1, 0.15) is 0 Å². The molecule has 0 radical (unpaired) electrons. The fourth-order valence-electron chi connectivity index (χ4n) is 2.64. The second kappa shape index (κ2) is 4.92. The number of amides is 1. The second-order valence-electron chi connectivity index (χ2n) is 4.97. The Hall–Kier alpha value is -1.65. The lowest BCUT2D eigenvalue weighted by Crippen LogP contribution is -2.29. The number of nitrogens with zero attached hydrogens (tertiary/aromatic N) is 4. The van der Waals surface area contributed by atoms with Crippen LogP contribution in [0.5, 0.6) is 0 Å². The molecule has 0 unspecified atom stereocenters. The van der Waals surface area contributed by atoms with Crippen molar-refractivity contribution in [2.24, 2.45) is 0 Å². The molecule has 2 aliphatic rings. The molecule has 0 N–H and O–H groups in total. The Kier molecular flexibility index (Phi) is 3.13. The number of hydrogen-bond acceptors (Lipinski definition) is 4. The van der Waals surface area contributed by atoms with Crippen molar-refractivity contribution < 1.29 is 4.79 Å². The lowest BCUT2D eigenvalue weighted by molar-refractivity contribution is 0.0786. The Morgan fingerprint density at radius 2 is 1.61 bits per heavy atom. The van der Waals surface area contributed by atoms with Crippen molar-refractivity contribution in [3.05, 3.63) is 17.8 Å². The maximum Gasteiger partial charge on any atom is 0.274 e. The summed E-state index contributed by atoms with van der Waals surface area (Å²) in [5, 5.41) is 8.27. The highest BCUT2D eigenvalue weighted by Crippen LogP contribution is 2.17. The zero-order valence-electron chi connectivity index (χ0n) is 10.5. The molecule has 0 aromatic carbocycles. The fraction of sp³-hybridized carbons (Fsp3) is 0.615. The van der Waals surface area contributed by atoms with Crippen molar-refractivity contribution in [3.63, 3.8) is 0 Å². The van der Waals surface area contributed by atoms with E-state index in [9.17, 15) is 4.79 Å². The van der Waals surface area contributed by atoms with Gasteiger partial charge in [0.15, 0.2) is 11.5 Å². The third-order valence-electron chi connectivity index (χ3n) is 3.69. The average molecular weight is 246 g/mol. The number of likely N-dealkylation sites (tertiary alicyclic amines) is 1. The maximum atomic E-state index is 12.1. The van der Waals surface area contributed by atoms with Gasteiger partial charge in [-0.25, -0.2) is 0 Å². The highest BCUT2D eigenvalue weighted by atomic mass is 16.2. The van der Waals surface area contributed by atoms with Gasteiger partial charge in [0.25, 0.3) is 5.91 Å². The first-order valence-corrected chi connectivity index (χ1v) is 6.72. The molecule has 2 aliphatic heterocycles. The number of carbonyl (C=O) groups is 1. The van der Waals surface area contributed by atoms with Crippen molar-refractivity contribution >= 4 is 11.7 Å². The van der Waals surface area contributed by atoms with E-state index in [0.717, 1.165) is 44.8 Å². The molecular weight excluding hydrogens is 228 g/mol. The standard InChI is InChI=1S/C13H18N4O/c18-13(17-9-3-4-10-17)11-5-6-12(15-14-11)16-7-1-2-8-16/h5-6H,1-4,7-10H2. The molecule has 0 atom stereocenters. The van der Waals surface area contributed by atoms with Gasteiger partial charge >= 0.3 is 0 Å². The Morgan fingerprint density at radius 3 is 2.22 bits per heavy atom. The normalized spacial score (nSPS) is 19.6. The van der Waals surface area contributed by atoms with E-state index in [2.05, 4.69) is 15.1 Å². The molecule has 0 spiro atoms. The van der Waals surface area contributed by atoms with Crippen LogP contribution in [-0.4, -0.2) is 47.2 Å². The molecule has 0 saturated carbocycles. The first-order valence-electron chi connectivity index (χ1n) is 6.72. The summed E-state index contributed by atoms with van der Waals surface area (Å²) in [4.78, 5) is 16.2. The van der Waals surface area contributed by atoms with Crippen LogP contribution in [-0.2, 0) is 0 Å². The SMILES string of the molecule is O=C(c1ccc(N2CCCC2)nn1)N1CCCC1. The number of rotatable bonds is 2. The molecule has 1 amide bonds. The molecule has 0 aliphatic carbocycles. The molecule has 5 heteroatoms. The predicted molar refractivity (Wildman–Crippen MR) is 68.6 cm³/mol. The van der Waals surface area contributed by atoms with E-state index in [0.29, 0.717) is 5.69 Å². The summed E-state index contributed by atoms with van der Waals surface area (Å²) in [6, 6.07) is 3.73. The number of hydrogen-bond donors (Lipinski definition) is 0. The quantitative estimate of drug-likeness (QED) is 0.789. The van der Waals surface area contributed by atoms with Crippen LogP contribution in [0.25, 0.3) is 0 Å². The maximum absolute atomic E-state index is 12.1. The summed E-state index contributed by atoms with van der Waals surface area (Å²) >= 11 is 0. The van der Waals surface area contributed by atoms with E-state index in [1.54, 1.807) is 6.07 Å². The van der Waals surface area contributed by atoms with Gasteiger partial charge in [-0.2, -0.15) is 0 Å². The summed E-state index contributed by atoms with van der Waals surface area (Å²) in [7, 11) is 0. The molecular formula is C13H18N4O. The smallest absolute Gasteiger partial charge is 0.274 e. The highest BCUT2D eigenvalue weighted by molar-refractivity contribution is 5.92. The average Bonchev–Trinajstić information content (AvgIpc) is 3.11. The summed E-state index contributed by atoms with van der Waals surface area (Å²) in [5.74, 6) is 0.915. The molecule has 1 aromatic heterocycles. The summed E-state index contributed by atoms with van der Waals surface area (Å²) in [5.41, 5.74) is 0.472. The van der Waals surface area contributed by atoms with Gasteiger partial charge in [-0.15, -0.1) is 10.2 Å². The largest absolute Gasteiger partial charge is 0.355 e. The van der Waals surface area contributed by atoms with E-state index in [1.165, 1.54) is 12.8 Å². The van der Waals surface area contributed by atoms with E-state index >= 15 is 0 Å². The fourth-order valence-corrected chi connectivity index (χ4v) is 2.64. The van der Waals surface area contributed by atoms with E-state index < -0.39 is 0 Å². The molecule has 3 rings (SSSR count). The van der Waals surface area contributed by atoms with Gasteiger partial charge in [0.05, 0.1) is 0 Å². The molecule has 2 saturated heterocycles. The van der Waals surface area contributed by atoms with Crippen LogP contribution in [0.2, 0.25) is 0 Å². The first-order chi connectivity index (χ1) is 8.84. The Labute approximate surface area is 107 Å². The first kappa shape index (κ1) is 11.4. The lowest BCUT2D eigenvalue weighted by atomic mass is 10.3. The van der Waals surface area contributed by atoms with E-state index in [-0.39, 0.29) is 5.91 Å². The Balaban J connectivity index is 1.71. The van der Waals surface area contributed by atoms with Gasteiger partial charge in [-0.05, 0) is 37.8 Å². The van der Waals surface area contributed by atoms with Crippen LogP contribution in [0.1, 0.15) is 36.2 Å². The Morgan fingerprint density at radius 1 is 0.944 bits per heavy atom. The van der Waals surface area contributed by atoms with Crippen LogP contribution in [0.15, 0.2) is 12.1 Å². The van der Waals surface area contributed by atoms with E-state index in [1.807, 2.05) is 11.0 Å². The number of carbonyl (C=O) groups excluding carboxylic acids is 1. The zero-order chi connectivity index (χ0) is 12.4. The van der Waals surface area contributed by atoms with Crippen molar-refractivity contribution in [2.45, 2.75) is 25.7 Å². The Bertz CT molecular complexity index is 419. The summed E-state index contributed by atoms with van der Waals surface area (Å²) in [6.45, 7) is 3.81. The topological polar surface area (TPSA) is 49.3 Å². The van der Waals surface area contributed by atoms with Crippen LogP contribution >= 0.6 is 0 Å². The van der Waals surface area contributed by atoms with Crippen molar-refractivity contribution in [3.8, 4) is 0 Å². The minimum absolute atomic E-state index is 0.0213. The van der Waals surface area contributed by atoms with Crippen molar-refractivity contribution in [1.82, 2.24) is 15.1 Å². The molecule has 3 heterocycles. The van der Waals surface area contributed by atoms with Gasteiger partial charge in [-0.3, -0.25) is 4.79 Å². The van der Waals surface area contributed by atoms with E-state index in [4.69, 9.17) is 0 Å². The molecule has 2 fully saturated rings. The second-order valence-corrected chi connectivity index (χ2v) is 4.97. The predicted octanol–water partition coefficient (Wildman–Crippen LogP) is 1.31. The van der Waals surface area contributed by atoms with Crippen LogP contribution in [0, 0.1) is 0 Å². The molecule has 5 nitrogen and oxygen atoms in total. The zero-order valence-corrected chi connectivity index (χ0v) is 10.5. The van der Waals surface area contributed by atoms with Crippen LogP contribution in [0.3, 0.4) is 0 Å². The van der Waals surface area contributed by atoms with Gasteiger partial charge < -0.3 is 9.80 Å². The minimum atomic E-state index is 0.0213. The number of aromatic nitrogens is 2. The van der Waals surface area contributed by atoms with Gasteiger partial charge in [0.2, 0.25) is 0 Å². The molecule has 18 heavy (non-hydrogen) atoms. The van der Waals surface area contributed by atoms with Crippen molar-refractivity contribution in [2.75, 3.05) is 31.1 Å². The highest BCUT2D eigenvalue weighted by Gasteiger charge is 2.21. The minimum Gasteiger partial charge on any atom is -0.355 e. The number of anilines is 1. The summed E-state index contributed by atoms with van der Waals surface area (Å²) < 4.78 is 0. The van der Waals surface area contributed by atoms with Crippen LogP contribution in [0.4, 0.5) is 5.82 Å². The third kappa shape index (κ3) is 2.17. The van der Waals surface area contributed by atoms with Gasteiger partial charge in [-0.1, -0.05) is 0 Å². The molecule has 96 valence electrons. The van der Waals surface area contributed by atoms with Crippen LogP contribution < -0.4 is 4.90 Å². The third-order valence-corrected chi connectivity index (χ3v) is 3.69. The lowest BCUT2D eigenvalue weighted by Gasteiger charge is -2.17. The van der Waals surface area contributed by atoms with Crippen molar-refractivity contribution in [1.29, 1.82) is 0 Å². The summed E-state index contributed by atoms with van der Waals surface area (Å²) in [6.07, 6.45) is 4.64. The monoisotopic (exact) mass is 246 g/mol. The molecule has 1 aromatic rings. The molecule has 0 bridgehead atoms. The van der Waals surface area contributed by atoms with Gasteiger partial charge in [0, 0.05) is 26.2 Å².